The first-order valence-electron chi connectivity index (χ1n) is 6.61. The molecule has 1 unspecified atom stereocenters. The smallest absolute Gasteiger partial charge is 0.302 e. The number of carbonyl (C=O) groups is 1. The van der Waals surface area contributed by atoms with E-state index in [9.17, 15) is 4.79 Å². The lowest BCUT2D eigenvalue weighted by atomic mass is 10.0. The Hall–Kier alpha value is -2.29. The van der Waals surface area contributed by atoms with Gasteiger partial charge in [-0.2, -0.15) is 0 Å². The van der Waals surface area contributed by atoms with E-state index in [4.69, 9.17) is 9.47 Å². The molecule has 0 aliphatic carbocycles. The summed E-state index contributed by atoms with van der Waals surface area (Å²) >= 11 is 0. The first-order valence-corrected chi connectivity index (χ1v) is 6.61. The van der Waals surface area contributed by atoms with Gasteiger partial charge in [0.1, 0.15) is 11.5 Å². The highest BCUT2D eigenvalue weighted by Crippen LogP contribution is 2.25. The molecular weight excluding hydrogens is 252 g/mol. The van der Waals surface area contributed by atoms with Crippen LogP contribution in [0.4, 0.5) is 0 Å². The third-order valence-corrected chi connectivity index (χ3v) is 2.94. The van der Waals surface area contributed by atoms with E-state index in [2.05, 4.69) is 0 Å². The largest absolute Gasteiger partial charge is 0.465 e. The summed E-state index contributed by atoms with van der Waals surface area (Å²) in [6, 6.07) is 17.5. The molecule has 2 aromatic rings. The lowest BCUT2D eigenvalue weighted by molar-refractivity contribution is -0.141. The van der Waals surface area contributed by atoms with Crippen LogP contribution in [0.3, 0.4) is 0 Å². The van der Waals surface area contributed by atoms with Gasteiger partial charge >= 0.3 is 5.97 Å². The van der Waals surface area contributed by atoms with Crippen molar-refractivity contribution in [1.29, 1.82) is 0 Å². The van der Waals surface area contributed by atoms with Gasteiger partial charge in [0.25, 0.3) is 0 Å². The number of carbonyl (C=O) groups excluding carboxylic acids is 1. The predicted molar refractivity (Wildman–Crippen MR) is 78.0 cm³/mol. The highest BCUT2D eigenvalue weighted by molar-refractivity contribution is 5.65. The lowest BCUT2D eigenvalue weighted by Crippen LogP contribution is -2.07. The molecule has 0 N–H and O–H groups in total. The second-order valence-corrected chi connectivity index (χ2v) is 4.69. The van der Waals surface area contributed by atoms with Gasteiger partial charge in [0.2, 0.25) is 0 Å². The zero-order valence-corrected chi connectivity index (χ0v) is 11.7. The van der Waals surface area contributed by atoms with Gasteiger partial charge in [-0.05, 0) is 29.8 Å². The molecule has 0 saturated heterocycles. The number of para-hydroxylation sites is 1. The fourth-order valence-corrected chi connectivity index (χ4v) is 1.85. The lowest BCUT2D eigenvalue weighted by Gasteiger charge is -2.13. The Morgan fingerprint density at radius 2 is 1.75 bits per heavy atom. The van der Waals surface area contributed by atoms with Crippen molar-refractivity contribution in [3.63, 3.8) is 0 Å². The summed E-state index contributed by atoms with van der Waals surface area (Å²) in [6.07, 6.45) is 0. The van der Waals surface area contributed by atoms with Crippen molar-refractivity contribution in [2.75, 3.05) is 6.61 Å². The molecule has 0 aliphatic heterocycles. The molecule has 0 bridgehead atoms. The topological polar surface area (TPSA) is 35.5 Å². The van der Waals surface area contributed by atoms with E-state index in [1.807, 2.05) is 61.5 Å². The highest BCUT2D eigenvalue weighted by Gasteiger charge is 2.08. The minimum absolute atomic E-state index is 0.137. The molecule has 20 heavy (non-hydrogen) atoms. The summed E-state index contributed by atoms with van der Waals surface area (Å²) < 4.78 is 10.8. The Bertz CT molecular complexity index is 563. The van der Waals surface area contributed by atoms with Crippen molar-refractivity contribution in [2.45, 2.75) is 19.8 Å². The molecule has 104 valence electrons. The van der Waals surface area contributed by atoms with Gasteiger partial charge in [-0.3, -0.25) is 4.79 Å². The molecule has 1 atom stereocenters. The number of rotatable bonds is 5. The maximum atomic E-state index is 10.8. The third kappa shape index (κ3) is 4.12. The molecular formula is C17H18O3. The van der Waals surface area contributed by atoms with Gasteiger partial charge in [0.05, 0.1) is 6.61 Å². The van der Waals surface area contributed by atoms with Gasteiger partial charge in [-0.1, -0.05) is 37.3 Å². The van der Waals surface area contributed by atoms with Crippen LogP contribution in [-0.2, 0) is 9.53 Å². The van der Waals surface area contributed by atoms with E-state index in [1.165, 1.54) is 6.92 Å². The molecule has 0 heterocycles. The van der Waals surface area contributed by atoms with Crippen LogP contribution in [-0.4, -0.2) is 12.6 Å². The predicted octanol–water partition coefficient (Wildman–Crippen LogP) is 4.15. The van der Waals surface area contributed by atoms with Crippen LogP contribution in [0.5, 0.6) is 11.5 Å². The SMILES string of the molecule is CC(=O)OCC(C)c1cccc(Oc2ccccc2)c1. The maximum absolute atomic E-state index is 10.8. The highest BCUT2D eigenvalue weighted by atomic mass is 16.5. The first kappa shape index (κ1) is 14.1. The first-order chi connectivity index (χ1) is 9.65. The molecule has 0 saturated carbocycles. The van der Waals surface area contributed by atoms with E-state index < -0.39 is 0 Å². The van der Waals surface area contributed by atoms with Gasteiger partial charge in [-0.15, -0.1) is 0 Å². The monoisotopic (exact) mass is 270 g/mol. The Balaban J connectivity index is 2.05. The van der Waals surface area contributed by atoms with Crippen LogP contribution >= 0.6 is 0 Å². The Morgan fingerprint density at radius 3 is 2.45 bits per heavy atom. The summed E-state index contributed by atoms with van der Waals surface area (Å²) in [4.78, 5) is 10.8. The number of benzene rings is 2. The number of hydrogen-bond acceptors (Lipinski definition) is 3. The molecule has 3 nitrogen and oxygen atoms in total. The fraction of sp³-hybridized carbons (Fsp3) is 0.235. The normalized spacial score (nSPS) is 11.7. The quantitative estimate of drug-likeness (QED) is 0.766. The Morgan fingerprint density at radius 1 is 1.05 bits per heavy atom. The molecule has 0 aliphatic rings. The summed E-state index contributed by atoms with van der Waals surface area (Å²) in [5.74, 6) is 1.47. The molecule has 0 radical (unpaired) electrons. The van der Waals surface area contributed by atoms with Crippen molar-refractivity contribution in [3.05, 3.63) is 60.2 Å². The second-order valence-electron chi connectivity index (χ2n) is 4.69. The van der Waals surface area contributed by atoms with Crippen molar-refractivity contribution in [1.82, 2.24) is 0 Å². The second kappa shape index (κ2) is 6.75. The van der Waals surface area contributed by atoms with E-state index in [0.29, 0.717) is 6.61 Å². The van der Waals surface area contributed by atoms with E-state index in [0.717, 1.165) is 17.1 Å². The summed E-state index contributed by atoms with van der Waals surface area (Å²) in [5, 5.41) is 0. The van der Waals surface area contributed by atoms with Gasteiger partial charge in [0.15, 0.2) is 0 Å². The maximum Gasteiger partial charge on any atom is 0.302 e. The van der Waals surface area contributed by atoms with Crippen LogP contribution in [0.2, 0.25) is 0 Å². The summed E-state index contributed by atoms with van der Waals surface area (Å²) in [6.45, 7) is 3.82. The zero-order chi connectivity index (χ0) is 14.4. The summed E-state index contributed by atoms with van der Waals surface area (Å²) in [7, 11) is 0. The van der Waals surface area contributed by atoms with Crippen molar-refractivity contribution in [2.24, 2.45) is 0 Å². The minimum Gasteiger partial charge on any atom is -0.465 e. The van der Waals surface area contributed by atoms with Crippen LogP contribution in [0, 0.1) is 0 Å². The van der Waals surface area contributed by atoms with Crippen LogP contribution < -0.4 is 4.74 Å². The molecule has 2 rings (SSSR count). The number of esters is 1. The van der Waals surface area contributed by atoms with Gasteiger partial charge in [0, 0.05) is 12.8 Å². The van der Waals surface area contributed by atoms with Gasteiger partial charge < -0.3 is 9.47 Å². The minimum atomic E-state index is -0.256. The van der Waals surface area contributed by atoms with Crippen LogP contribution in [0.1, 0.15) is 25.3 Å². The zero-order valence-electron chi connectivity index (χ0n) is 11.7. The van der Waals surface area contributed by atoms with E-state index >= 15 is 0 Å². The molecule has 0 fully saturated rings. The van der Waals surface area contributed by atoms with Crippen LogP contribution in [0.15, 0.2) is 54.6 Å². The van der Waals surface area contributed by atoms with Crippen molar-refractivity contribution >= 4 is 5.97 Å². The number of hydrogen-bond donors (Lipinski definition) is 0. The third-order valence-electron chi connectivity index (χ3n) is 2.94. The standard InChI is InChI=1S/C17H18O3/c1-13(12-19-14(2)18)15-7-6-10-17(11-15)20-16-8-4-3-5-9-16/h3-11,13H,12H2,1-2H3. The van der Waals surface area contributed by atoms with Gasteiger partial charge in [-0.25, -0.2) is 0 Å². The van der Waals surface area contributed by atoms with E-state index in [-0.39, 0.29) is 11.9 Å². The molecule has 0 spiro atoms. The molecule has 0 aromatic heterocycles. The number of ether oxygens (including phenoxy) is 2. The van der Waals surface area contributed by atoms with Crippen molar-refractivity contribution in [3.8, 4) is 11.5 Å². The Kier molecular flexibility index (Phi) is 4.77. The fourth-order valence-electron chi connectivity index (χ4n) is 1.85. The molecule has 2 aromatic carbocycles. The van der Waals surface area contributed by atoms with Crippen molar-refractivity contribution < 1.29 is 14.3 Å². The van der Waals surface area contributed by atoms with Crippen LogP contribution in [0.25, 0.3) is 0 Å². The average molecular weight is 270 g/mol. The molecule has 0 amide bonds. The molecule has 3 heteroatoms. The average Bonchev–Trinajstić information content (AvgIpc) is 2.46. The van der Waals surface area contributed by atoms with E-state index in [1.54, 1.807) is 0 Å². The summed E-state index contributed by atoms with van der Waals surface area (Å²) in [5.41, 5.74) is 1.08. The Labute approximate surface area is 119 Å².